The molecule has 0 aromatic heterocycles. The van der Waals surface area contributed by atoms with Gasteiger partial charge in [-0.25, -0.2) is 0 Å². The van der Waals surface area contributed by atoms with E-state index < -0.39 is 10.2 Å². The summed E-state index contributed by atoms with van der Waals surface area (Å²) in [5.74, 6) is 0. The average Bonchev–Trinajstić information content (AvgIpc) is 2.44. The van der Waals surface area contributed by atoms with Crippen LogP contribution in [0.4, 0.5) is 0 Å². The van der Waals surface area contributed by atoms with Crippen LogP contribution in [-0.4, -0.2) is 75.6 Å². The Morgan fingerprint density at radius 1 is 0.458 bits per heavy atom. The van der Waals surface area contributed by atoms with Crippen LogP contribution in [0.15, 0.2) is 0 Å². The molecule has 143 valence electrons. The van der Waals surface area contributed by atoms with Crippen LogP contribution in [0, 0.1) is 30.6 Å². The number of nitrogens with one attached hydrogen (secondary N) is 5. The van der Waals surface area contributed by atoms with E-state index in [2.05, 4.69) is 26.6 Å². The first-order valence-electron chi connectivity index (χ1n) is 7.13. The SMILES string of the molecule is C1CNCCNCCNCCNCCN1.O=[N+]([O-])[O-].O=[N+]([O-])[O-].[Mn+2]. The Kier molecular flexibility index (Phi) is 27.5. The Bertz CT molecular complexity index is 212. The molecule has 0 aromatic carbocycles. The Morgan fingerprint density at radius 3 is 0.625 bits per heavy atom. The summed E-state index contributed by atoms with van der Waals surface area (Å²) in [6.45, 7) is 10.6. The van der Waals surface area contributed by atoms with Crippen molar-refractivity contribution in [3.05, 3.63) is 30.6 Å². The third-order valence-electron chi connectivity index (χ3n) is 2.39. The van der Waals surface area contributed by atoms with Crippen LogP contribution in [0.2, 0.25) is 0 Å². The topological polar surface area (TPSA) is 193 Å². The maximum Gasteiger partial charge on any atom is 2.00 e. The van der Waals surface area contributed by atoms with Crippen molar-refractivity contribution in [1.29, 1.82) is 0 Å². The molecule has 13 nitrogen and oxygen atoms in total. The fourth-order valence-electron chi connectivity index (χ4n) is 1.51. The second kappa shape index (κ2) is 24.0. The minimum Gasteiger partial charge on any atom is -0.356 e. The van der Waals surface area contributed by atoms with Gasteiger partial charge in [0, 0.05) is 65.4 Å². The second-order valence-electron chi connectivity index (χ2n) is 4.20. The molecule has 0 aromatic rings. The van der Waals surface area contributed by atoms with Crippen molar-refractivity contribution in [2.75, 3.05) is 65.4 Å². The quantitative estimate of drug-likeness (QED) is 0.165. The first-order chi connectivity index (χ1) is 11.0. The van der Waals surface area contributed by atoms with Gasteiger partial charge >= 0.3 is 17.1 Å². The Hall–Kier alpha value is -1.28. The fraction of sp³-hybridized carbons (Fsp3) is 1.00. The Morgan fingerprint density at radius 2 is 0.542 bits per heavy atom. The van der Waals surface area contributed by atoms with Gasteiger partial charge in [0.05, 0.1) is 10.2 Å². The predicted octanol–water partition coefficient (Wildman–Crippen LogP) is -2.53. The van der Waals surface area contributed by atoms with E-state index in [9.17, 15) is 0 Å². The summed E-state index contributed by atoms with van der Waals surface area (Å²) < 4.78 is 0. The predicted molar refractivity (Wildman–Crippen MR) is 85.1 cm³/mol. The van der Waals surface area contributed by atoms with Gasteiger partial charge in [-0.2, -0.15) is 0 Å². The Balaban J connectivity index is -0.000000413. The van der Waals surface area contributed by atoms with Crippen LogP contribution < -0.4 is 26.6 Å². The molecule has 0 amide bonds. The molecular formula is C10H25MnN7O6. The molecule has 0 atom stereocenters. The minimum atomic E-state index is -1.75. The van der Waals surface area contributed by atoms with E-state index in [1.54, 1.807) is 0 Å². The molecule has 1 heterocycles. The van der Waals surface area contributed by atoms with Crippen LogP contribution in [0.1, 0.15) is 0 Å². The molecule has 1 saturated heterocycles. The summed E-state index contributed by atoms with van der Waals surface area (Å²) in [5.41, 5.74) is 0. The van der Waals surface area contributed by atoms with Crippen molar-refractivity contribution in [3.63, 3.8) is 0 Å². The first kappa shape index (κ1) is 27.6. The molecule has 1 fully saturated rings. The summed E-state index contributed by atoms with van der Waals surface area (Å²) in [6.07, 6.45) is 0. The van der Waals surface area contributed by atoms with Crippen LogP contribution in [-0.2, 0) is 17.1 Å². The van der Waals surface area contributed by atoms with E-state index in [-0.39, 0.29) is 17.1 Å². The number of rotatable bonds is 0. The van der Waals surface area contributed by atoms with Crippen LogP contribution >= 0.6 is 0 Å². The van der Waals surface area contributed by atoms with Crippen molar-refractivity contribution < 1.29 is 27.2 Å². The molecule has 0 spiro atoms. The van der Waals surface area contributed by atoms with E-state index in [0.29, 0.717) is 0 Å². The van der Waals surface area contributed by atoms with Crippen LogP contribution in [0.3, 0.4) is 0 Å². The average molecular weight is 394 g/mol. The van der Waals surface area contributed by atoms with Crippen molar-refractivity contribution in [2.45, 2.75) is 0 Å². The summed E-state index contributed by atoms with van der Waals surface area (Å²) in [6, 6.07) is 0. The van der Waals surface area contributed by atoms with Gasteiger partial charge < -0.3 is 57.2 Å². The fourth-order valence-corrected chi connectivity index (χ4v) is 1.51. The van der Waals surface area contributed by atoms with E-state index in [4.69, 9.17) is 30.6 Å². The second-order valence-corrected chi connectivity index (χ2v) is 4.20. The minimum absolute atomic E-state index is 0. The third kappa shape index (κ3) is 42.8. The largest absolute Gasteiger partial charge is 2.00 e. The van der Waals surface area contributed by atoms with E-state index >= 15 is 0 Å². The molecule has 1 rings (SSSR count). The molecule has 24 heavy (non-hydrogen) atoms. The zero-order valence-corrected chi connectivity index (χ0v) is 14.5. The van der Waals surface area contributed by atoms with Gasteiger partial charge in [-0.3, -0.25) is 0 Å². The van der Waals surface area contributed by atoms with Crippen LogP contribution in [0.25, 0.3) is 0 Å². The third-order valence-corrected chi connectivity index (χ3v) is 2.39. The van der Waals surface area contributed by atoms with Crippen molar-refractivity contribution >= 4 is 0 Å². The molecule has 1 aliphatic heterocycles. The van der Waals surface area contributed by atoms with Gasteiger partial charge in [-0.1, -0.05) is 0 Å². The van der Waals surface area contributed by atoms with Gasteiger partial charge in [-0.05, 0) is 0 Å². The van der Waals surface area contributed by atoms with Crippen molar-refractivity contribution in [2.24, 2.45) is 0 Å². The Labute approximate surface area is 150 Å². The van der Waals surface area contributed by atoms with E-state index in [1.807, 2.05) is 0 Å². The molecule has 1 aliphatic rings. The smallest absolute Gasteiger partial charge is 0.356 e. The van der Waals surface area contributed by atoms with Gasteiger partial charge in [0.2, 0.25) is 0 Å². The van der Waals surface area contributed by atoms with Crippen molar-refractivity contribution in [3.8, 4) is 0 Å². The number of nitrogens with zero attached hydrogens (tertiary/aromatic N) is 2. The molecule has 1 radical (unpaired) electrons. The molecule has 0 bridgehead atoms. The molecule has 14 heteroatoms. The van der Waals surface area contributed by atoms with E-state index in [0.717, 1.165) is 65.4 Å². The maximum atomic E-state index is 8.25. The number of hydrogen-bond donors (Lipinski definition) is 5. The van der Waals surface area contributed by atoms with Gasteiger partial charge in [0.15, 0.2) is 0 Å². The van der Waals surface area contributed by atoms with Gasteiger partial charge in [0.25, 0.3) is 0 Å². The van der Waals surface area contributed by atoms with E-state index in [1.165, 1.54) is 0 Å². The standard InChI is InChI=1S/C10H25N5.Mn.2NO3/c1-2-12-5-6-14-9-10-15-8-7-13-4-3-11-1;;2*2-1(3)4/h11-15H,1-10H2;;;/q;+2;2*-1. The summed E-state index contributed by atoms with van der Waals surface area (Å²) >= 11 is 0. The molecule has 0 saturated carbocycles. The first-order valence-corrected chi connectivity index (χ1v) is 7.13. The summed E-state index contributed by atoms with van der Waals surface area (Å²) in [5, 5.41) is 46.4. The summed E-state index contributed by atoms with van der Waals surface area (Å²) in [4.78, 5) is 16.5. The van der Waals surface area contributed by atoms with Crippen molar-refractivity contribution in [1.82, 2.24) is 26.6 Å². The summed E-state index contributed by atoms with van der Waals surface area (Å²) in [7, 11) is 0. The van der Waals surface area contributed by atoms with Gasteiger partial charge in [-0.15, -0.1) is 0 Å². The zero-order chi connectivity index (χ0) is 17.8. The van der Waals surface area contributed by atoms with Gasteiger partial charge in [0.1, 0.15) is 0 Å². The van der Waals surface area contributed by atoms with Crippen LogP contribution in [0.5, 0.6) is 0 Å². The molecule has 0 unspecified atom stereocenters. The maximum absolute atomic E-state index is 8.25. The molecular weight excluding hydrogens is 369 g/mol. The normalized spacial score (nSPS) is 17.0. The molecule has 0 aliphatic carbocycles. The number of hydrogen-bond acceptors (Lipinski definition) is 11. The zero-order valence-electron chi connectivity index (χ0n) is 13.3. The monoisotopic (exact) mass is 394 g/mol. The molecule has 5 N–H and O–H groups in total.